The molecule has 1 N–H and O–H groups in total. The van der Waals surface area contributed by atoms with Gasteiger partial charge in [0.1, 0.15) is 0 Å². The highest BCUT2D eigenvalue weighted by molar-refractivity contribution is 5.94. The average Bonchev–Trinajstić information content (AvgIpc) is 3.58. The zero-order valence-corrected chi connectivity index (χ0v) is 24.0. The first-order chi connectivity index (χ1) is 21.6. The molecule has 0 unspecified atom stereocenters. The Morgan fingerprint density at radius 1 is 0.911 bits per heavy atom. The number of carbonyl (C=O) groups excluding carboxylic acids is 2. The predicted molar refractivity (Wildman–Crippen MR) is 159 cm³/mol. The number of fused-ring (bicyclic) bond motifs is 1. The summed E-state index contributed by atoms with van der Waals surface area (Å²) in [6.45, 7) is 3.76. The number of aryl methyl sites for hydroxylation is 1. The second-order valence-electron chi connectivity index (χ2n) is 10.5. The van der Waals surface area contributed by atoms with Gasteiger partial charge in [-0.3, -0.25) is 19.0 Å². The number of furan rings is 1. The van der Waals surface area contributed by atoms with E-state index in [9.17, 15) is 27.6 Å². The van der Waals surface area contributed by atoms with Gasteiger partial charge in [0.15, 0.2) is 11.4 Å². The molecule has 0 saturated carbocycles. The minimum Gasteiger partial charge on any atom is -0.459 e. The van der Waals surface area contributed by atoms with Gasteiger partial charge in [0, 0.05) is 49.7 Å². The molecule has 1 saturated heterocycles. The lowest BCUT2D eigenvalue weighted by Gasteiger charge is -2.34. The Balaban J connectivity index is 1.19. The number of carbonyl (C=O) groups is 2. The molecule has 0 bridgehead atoms. The van der Waals surface area contributed by atoms with Crippen molar-refractivity contribution in [3.8, 4) is 5.69 Å². The lowest BCUT2D eigenvalue weighted by molar-refractivity contribution is -0.137. The molecule has 0 radical (unpaired) electrons. The van der Waals surface area contributed by atoms with Crippen molar-refractivity contribution in [1.29, 1.82) is 0 Å². The van der Waals surface area contributed by atoms with Crippen LogP contribution >= 0.6 is 0 Å². The van der Waals surface area contributed by atoms with Gasteiger partial charge in [-0.25, -0.2) is 4.98 Å². The fourth-order valence-corrected chi connectivity index (χ4v) is 5.17. The third-order valence-corrected chi connectivity index (χ3v) is 7.63. The number of hydrogen-bond acceptors (Lipinski definition) is 7. The number of aromatic nitrogens is 3. The Bertz CT molecular complexity index is 1910. The molecule has 2 aromatic carbocycles. The van der Waals surface area contributed by atoms with E-state index in [0.717, 1.165) is 12.1 Å². The van der Waals surface area contributed by atoms with Crippen molar-refractivity contribution in [2.24, 2.45) is 0 Å². The van der Waals surface area contributed by atoms with Crippen LogP contribution in [0.2, 0.25) is 0 Å². The summed E-state index contributed by atoms with van der Waals surface area (Å²) >= 11 is 0. The van der Waals surface area contributed by atoms with Crippen LogP contribution in [0.5, 0.6) is 0 Å². The van der Waals surface area contributed by atoms with Crippen molar-refractivity contribution in [3.05, 3.63) is 118 Å². The number of anilines is 1. The molecule has 2 amide bonds. The molecule has 10 nitrogen and oxygen atoms in total. The van der Waals surface area contributed by atoms with Crippen LogP contribution in [0.3, 0.4) is 0 Å². The third-order valence-electron chi connectivity index (χ3n) is 7.63. The van der Waals surface area contributed by atoms with Gasteiger partial charge < -0.3 is 19.5 Å². The largest absolute Gasteiger partial charge is 0.459 e. The fraction of sp³-hybridized carbons (Fsp3) is 0.219. The van der Waals surface area contributed by atoms with E-state index in [1.54, 1.807) is 47.4 Å². The van der Waals surface area contributed by atoms with E-state index in [1.165, 1.54) is 29.0 Å². The summed E-state index contributed by atoms with van der Waals surface area (Å²) in [6.07, 6.45) is -2.97. The summed E-state index contributed by atoms with van der Waals surface area (Å²) in [4.78, 5) is 51.6. The lowest BCUT2D eigenvalue weighted by Crippen LogP contribution is -2.49. The van der Waals surface area contributed by atoms with Gasteiger partial charge in [-0.05, 0) is 67.1 Å². The molecule has 4 heterocycles. The molecule has 230 valence electrons. The minimum atomic E-state index is -4.43. The zero-order valence-electron chi connectivity index (χ0n) is 24.0. The van der Waals surface area contributed by atoms with Crippen molar-refractivity contribution in [2.45, 2.75) is 19.6 Å². The van der Waals surface area contributed by atoms with E-state index in [0.29, 0.717) is 65.7 Å². The summed E-state index contributed by atoms with van der Waals surface area (Å²) < 4.78 is 45.1. The first-order valence-corrected chi connectivity index (χ1v) is 14.1. The molecule has 3 aromatic heterocycles. The highest BCUT2D eigenvalue weighted by atomic mass is 19.4. The number of benzene rings is 2. The standard InChI is InChI=1S/C32H27F3N6O4/c1-20-25-12-13-27(42)41(28(25)38-31(37-20)40-16-14-39(15-17-40)30(44)26-3-2-18-45-26)24-10-6-22(7-11-24)29(43)36-19-21-4-8-23(9-5-21)32(33,34)35/h2-13,18H,14-17,19H2,1H3,(H,36,43). The number of rotatable bonds is 6. The Labute approximate surface area is 254 Å². The van der Waals surface area contributed by atoms with Crippen LogP contribution in [0.1, 0.15) is 37.7 Å². The Morgan fingerprint density at radius 3 is 2.27 bits per heavy atom. The highest BCUT2D eigenvalue weighted by Gasteiger charge is 2.30. The summed E-state index contributed by atoms with van der Waals surface area (Å²) in [5.74, 6) is 0.120. The van der Waals surface area contributed by atoms with Gasteiger partial charge >= 0.3 is 6.18 Å². The third kappa shape index (κ3) is 6.14. The van der Waals surface area contributed by atoms with E-state index < -0.39 is 17.6 Å². The Morgan fingerprint density at radius 2 is 1.62 bits per heavy atom. The van der Waals surface area contributed by atoms with Crippen molar-refractivity contribution in [2.75, 3.05) is 31.1 Å². The molecule has 45 heavy (non-hydrogen) atoms. The summed E-state index contributed by atoms with van der Waals surface area (Å²) in [6, 6.07) is 17.4. The Hall–Kier alpha value is -5.46. The molecule has 13 heteroatoms. The second-order valence-corrected chi connectivity index (χ2v) is 10.5. The first kappa shape index (κ1) is 29.6. The minimum absolute atomic E-state index is 0.0474. The molecule has 0 spiro atoms. The predicted octanol–water partition coefficient (Wildman–Crippen LogP) is 4.59. The number of hydrogen-bond donors (Lipinski definition) is 1. The van der Waals surface area contributed by atoms with E-state index in [2.05, 4.69) is 10.3 Å². The zero-order chi connectivity index (χ0) is 31.7. The molecule has 0 atom stereocenters. The number of piperazine rings is 1. The summed E-state index contributed by atoms with van der Waals surface area (Å²) in [5.41, 5.74) is 1.32. The normalized spacial score (nSPS) is 13.7. The molecule has 1 aliphatic rings. The van der Waals surface area contributed by atoms with Crippen molar-refractivity contribution in [1.82, 2.24) is 24.8 Å². The topological polar surface area (TPSA) is 114 Å². The van der Waals surface area contributed by atoms with Crippen molar-refractivity contribution in [3.63, 3.8) is 0 Å². The monoisotopic (exact) mass is 616 g/mol. The highest BCUT2D eigenvalue weighted by Crippen LogP contribution is 2.29. The number of amides is 2. The maximum Gasteiger partial charge on any atom is 0.416 e. The average molecular weight is 617 g/mol. The quantitative estimate of drug-likeness (QED) is 0.297. The SMILES string of the molecule is Cc1nc(N2CCN(C(=O)c3ccco3)CC2)nc2c1ccc(=O)n2-c1ccc(C(=O)NCc2ccc(C(F)(F)F)cc2)cc1. The summed E-state index contributed by atoms with van der Waals surface area (Å²) in [7, 11) is 0. The number of nitrogens with zero attached hydrogens (tertiary/aromatic N) is 5. The van der Waals surface area contributed by atoms with Gasteiger partial charge in [0.25, 0.3) is 17.4 Å². The molecular weight excluding hydrogens is 589 g/mol. The van der Waals surface area contributed by atoms with Crippen LogP contribution in [0, 0.1) is 6.92 Å². The van der Waals surface area contributed by atoms with E-state index in [-0.39, 0.29) is 23.8 Å². The maximum atomic E-state index is 13.1. The first-order valence-electron chi connectivity index (χ1n) is 14.1. The van der Waals surface area contributed by atoms with Crippen molar-refractivity contribution < 1.29 is 27.2 Å². The number of nitrogens with one attached hydrogen (secondary N) is 1. The van der Waals surface area contributed by atoms with Gasteiger partial charge in [-0.1, -0.05) is 12.1 Å². The van der Waals surface area contributed by atoms with Crippen LogP contribution < -0.4 is 15.8 Å². The van der Waals surface area contributed by atoms with E-state index in [1.807, 2.05) is 11.8 Å². The molecule has 6 rings (SSSR count). The van der Waals surface area contributed by atoms with Gasteiger partial charge in [0.05, 0.1) is 23.2 Å². The molecule has 1 fully saturated rings. The van der Waals surface area contributed by atoms with Gasteiger partial charge in [-0.2, -0.15) is 18.2 Å². The van der Waals surface area contributed by atoms with Gasteiger partial charge in [-0.15, -0.1) is 0 Å². The van der Waals surface area contributed by atoms with Crippen molar-refractivity contribution >= 4 is 28.8 Å². The fourth-order valence-electron chi connectivity index (χ4n) is 5.17. The van der Waals surface area contributed by atoms with Crippen LogP contribution in [0.15, 0.2) is 88.3 Å². The molecule has 5 aromatic rings. The Kier molecular flexibility index (Phi) is 7.83. The van der Waals surface area contributed by atoms with E-state index in [4.69, 9.17) is 9.40 Å². The summed E-state index contributed by atoms with van der Waals surface area (Å²) in [5, 5.41) is 3.38. The van der Waals surface area contributed by atoms with Crippen LogP contribution in [-0.2, 0) is 12.7 Å². The van der Waals surface area contributed by atoms with Crippen LogP contribution in [0.25, 0.3) is 16.7 Å². The number of pyridine rings is 1. The van der Waals surface area contributed by atoms with Crippen LogP contribution in [-0.4, -0.2) is 57.4 Å². The molecule has 1 aliphatic heterocycles. The second kappa shape index (κ2) is 11.9. The van der Waals surface area contributed by atoms with E-state index >= 15 is 0 Å². The van der Waals surface area contributed by atoms with Crippen LogP contribution in [0.4, 0.5) is 19.1 Å². The molecular formula is C32H27F3N6O4. The van der Waals surface area contributed by atoms with Gasteiger partial charge in [0.2, 0.25) is 5.95 Å². The number of alkyl halides is 3. The molecule has 0 aliphatic carbocycles. The maximum absolute atomic E-state index is 13.1. The lowest BCUT2D eigenvalue weighted by atomic mass is 10.1. The smallest absolute Gasteiger partial charge is 0.416 e. The number of halogens is 3.